The van der Waals surface area contributed by atoms with Crippen molar-refractivity contribution in [3.05, 3.63) is 0 Å². The maximum absolute atomic E-state index is 12.2. The second-order valence-corrected chi connectivity index (χ2v) is 9.90. The third-order valence-electron chi connectivity index (χ3n) is 6.23. The van der Waals surface area contributed by atoms with Gasteiger partial charge in [0.1, 0.15) is 5.78 Å². The first-order valence-electron chi connectivity index (χ1n) is 11.5. The zero-order valence-electron chi connectivity index (χ0n) is 18.6. The van der Waals surface area contributed by atoms with E-state index in [9.17, 15) is 9.59 Å². The molecule has 168 valence electrons. The molecule has 0 aromatic carbocycles. The molecule has 1 amide bonds. The molecule has 2 aliphatic rings. The van der Waals surface area contributed by atoms with Crippen molar-refractivity contribution in [3.63, 3.8) is 0 Å². The fourth-order valence-corrected chi connectivity index (χ4v) is 4.70. The monoisotopic (exact) mass is 427 g/mol. The maximum Gasteiger partial charge on any atom is 0.220 e. The molecular formula is C23H41NO4S. The Kier molecular flexibility index (Phi) is 11.6. The molecule has 1 N–H and O–H groups in total. The number of amides is 1. The van der Waals surface area contributed by atoms with Gasteiger partial charge in [-0.1, -0.05) is 13.8 Å². The van der Waals surface area contributed by atoms with Crippen LogP contribution in [0.5, 0.6) is 0 Å². The summed E-state index contributed by atoms with van der Waals surface area (Å²) in [7, 11) is 0. The summed E-state index contributed by atoms with van der Waals surface area (Å²) in [6.45, 7) is 5.46. The highest BCUT2D eigenvalue weighted by molar-refractivity contribution is 7.98. The maximum atomic E-state index is 12.2. The predicted molar refractivity (Wildman–Crippen MR) is 119 cm³/mol. The van der Waals surface area contributed by atoms with Crippen LogP contribution >= 0.6 is 11.8 Å². The second kappa shape index (κ2) is 13.7. The van der Waals surface area contributed by atoms with Gasteiger partial charge in [-0.3, -0.25) is 9.59 Å². The van der Waals surface area contributed by atoms with Gasteiger partial charge in [0.25, 0.3) is 0 Å². The van der Waals surface area contributed by atoms with E-state index in [1.807, 2.05) is 25.6 Å². The van der Waals surface area contributed by atoms with Crippen LogP contribution in [0.3, 0.4) is 0 Å². The van der Waals surface area contributed by atoms with Crippen molar-refractivity contribution in [2.45, 2.75) is 96.3 Å². The lowest BCUT2D eigenvalue weighted by atomic mass is 9.80. The fourth-order valence-electron chi connectivity index (χ4n) is 4.44. The molecule has 0 aromatic heterocycles. The van der Waals surface area contributed by atoms with Gasteiger partial charge in [0, 0.05) is 36.7 Å². The first-order valence-corrected chi connectivity index (χ1v) is 12.9. The average Bonchev–Trinajstić information content (AvgIpc) is 2.72. The molecule has 6 heteroatoms. The van der Waals surface area contributed by atoms with E-state index in [1.54, 1.807) is 0 Å². The molecule has 0 heterocycles. The minimum absolute atomic E-state index is 0.119. The third kappa shape index (κ3) is 9.39. The van der Waals surface area contributed by atoms with E-state index in [0.29, 0.717) is 31.0 Å². The Morgan fingerprint density at radius 2 is 1.52 bits per heavy atom. The predicted octanol–water partition coefficient (Wildman–Crippen LogP) is 4.37. The van der Waals surface area contributed by atoms with Crippen LogP contribution in [0.4, 0.5) is 0 Å². The Morgan fingerprint density at radius 3 is 2.07 bits per heavy atom. The standard InChI is InChI=1S/C23H41NO4S/c1-17(2)23(26)18-6-8-19(9-7-18)24-22(25)5-4-14-27-20-10-12-21(13-11-20)28-15-16-29-3/h17-21H,4-16H2,1-3H3,(H,24,25). The summed E-state index contributed by atoms with van der Waals surface area (Å²) in [5.41, 5.74) is 0. The summed E-state index contributed by atoms with van der Waals surface area (Å²) in [6.07, 6.45) is 12.1. The Morgan fingerprint density at radius 1 is 0.931 bits per heavy atom. The van der Waals surface area contributed by atoms with Crippen LogP contribution in [0.25, 0.3) is 0 Å². The normalized spacial score (nSPS) is 27.7. The molecule has 2 aliphatic carbocycles. The number of hydrogen-bond acceptors (Lipinski definition) is 5. The molecule has 2 saturated carbocycles. The Bertz CT molecular complexity index is 483. The van der Waals surface area contributed by atoms with Crippen molar-refractivity contribution in [2.75, 3.05) is 25.2 Å². The van der Waals surface area contributed by atoms with E-state index in [2.05, 4.69) is 11.6 Å². The Balaban J connectivity index is 1.49. The molecule has 0 aliphatic heterocycles. The number of thioether (sulfide) groups is 1. The van der Waals surface area contributed by atoms with Crippen LogP contribution in [-0.4, -0.2) is 55.2 Å². The van der Waals surface area contributed by atoms with E-state index in [-0.39, 0.29) is 23.8 Å². The van der Waals surface area contributed by atoms with Crippen molar-refractivity contribution in [1.82, 2.24) is 5.32 Å². The smallest absolute Gasteiger partial charge is 0.220 e. The lowest BCUT2D eigenvalue weighted by molar-refractivity contribution is -0.127. The van der Waals surface area contributed by atoms with Crippen molar-refractivity contribution >= 4 is 23.5 Å². The van der Waals surface area contributed by atoms with Gasteiger partial charge in [0.05, 0.1) is 18.8 Å². The summed E-state index contributed by atoms with van der Waals surface area (Å²) in [4.78, 5) is 24.3. The van der Waals surface area contributed by atoms with Gasteiger partial charge in [0.15, 0.2) is 0 Å². The van der Waals surface area contributed by atoms with Crippen molar-refractivity contribution < 1.29 is 19.1 Å². The number of hydrogen-bond donors (Lipinski definition) is 1. The van der Waals surface area contributed by atoms with Gasteiger partial charge in [-0.25, -0.2) is 0 Å². The Hall–Kier alpha value is -0.590. The first-order chi connectivity index (χ1) is 14.0. The van der Waals surface area contributed by atoms with E-state index in [4.69, 9.17) is 9.47 Å². The largest absolute Gasteiger partial charge is 0.378 e. The molecule has 0 bridgehead atoms. The average molecular weight is 428 g/mol. The van der Waals surface area contributed by atoms with Gasteiger partial charge >= 0.3 is 0 Å². The van der Waals surface area contributed by atoms with Gasteiger partial charge in [-0.2, -0.15) is 11.8 Å². The molecule has 0 saturated heterocycles. The van der Waals surface area contributed by atoms with Crippen LogP contribution in [0.1, 0.15) is 78.1 Å². The van der Waals surface area contributed by atoms with E-state index in [1.165, 1.54) is 0 Å². The zero-order valence-corrected chi connectivity index (χ0v) is 19.4. The minimum Gasteiger partial charge on any atom is -0.378 e. The first kappa shape index (κ1) is 24.7. The van der Waals surface area contributed by atoms with E-state index in [0.717, 1.165) is 70.1 Å². The van der Waals surface area contributed by atoms with Gasteiger partial charge in [-0.15, -0.1) is 0 Å². The quantitative estimate of drug-likeness (QED) is 0.469. The topological polar surface area (TPSA) is 64.6 Å². The van der Waals surface area contributed by atoms with E-state index < -0.39 is 0 Å². The molecule has 0 spiro atoms. The number of nitrogens with one attached hydrogen (secondary N) is 1. The molecule has 2 fully saturated rings. The van der Waals surface area contributed by atoms with Crippen molar-refractivity contribution in [2.24, 2.45) is 11.8 Å². The second-order valence-electron chi connectivity index (χ2n) is 8.91. The zero-order chi connectivity index (χ0) is 21.1. The highest BCUT2D eigenvalue weighted by Crippen LogP contribution is 2.27. The third-order valence-corrected chi connectivity index (χ3v) is 6.80. The molecule has 0 aromatic rings. The summed E-state index contributed by atoms with van der Waals surface area (Å²) in [5, 5.41) is 3.15. The lowest BCUT2D eigenvalue weighted by Crippen LogP contribution is -2.39. The Labute approximate surface area is 181 Å². The van der Waals surface area contributed by atoms with Crippen LogP contribution in [0, 0.1) is 11.8 Å². The summed E-state index contributed by atoms with van der Waals surface area (Å²) < 4.78 is 11.9. The van der Waals surface area contributed by atoms with Crippen molar-refractivity contribution in [1.29, 1.82) is 0 Å². The van der Waals surface area contributed by atoms with Gasteiger partial charge in [0.2, 0.25) is 5.91 Å². The summed E-state index contributed by atoms with van der Waals surface area (Å²) >= 11 is 1.82. The number of Topliss-reactive ketones (excluding diaryl/α,β-unsaturated/α-hetero) is 1. The molecular weight excluding hydrogens is 386 g/mol. The minimum atomic E-state index is 0.119. The molecule has 2 rings (SSSR count). The van der Waals surface area contributed by atoms with Gasteiger partial charge < -0.3 is 14.8 Å². The van der Waals surface area contributed by atoms with Crippen LogP contribution < -0.4 is 5.32 Å². The lowest BCUT2D eigenvalue weighted by Gasteiger charge is -2.29. The summed E-state index contributed by atoms with van der Waals surface area (Å²) in [6, 6.07) is 0.237. The van der Waals surface area contributed by atoms with Crippen molar-refractivity contribution in [3.8, 4) is 0 Å². The number of carbonyl (C=O) groups excluding carboxylic acids is 2. The summed E-state index contributed by atoms with van der Waals surface area (Å²) in [5.74, 6) is 1.89. The molecule has 29 heavy (non-hydrogen) atoms. The number of ketones is 1. The molecule has 5 nitrogen and oxygen atoms in total. The van der Waals surface area contributed by atoms with Gasteiger partial charge in [-0.05, 0) is 64.0 Å². The highest BCUT2D eigenvalue weighted by Gasteiger charge is 2.28. The molecule has 0 radical (unpaired) electrons. The highest BCUT2D eigenvalue weighted by atomic mass is 32.2. The number of ether oxygens (including phenoxy) is 2. The van der Waals surface area contributed by atoms with Crippen LogP contribution in [0.15, 0.2) is 0 Å². The number of carbonyl (C=O) groups is 2. The van der Waals surface area contributed by atoms with E-state index >= 15 is 0 Å². The molecule has 0 atom stereocenters. The SMILES string of the molecule is CSCCOC1CCC(OCCCC(=O)NC2CCC(C(=O)C(C)C)CC2)CC1. The van der Waals surface area contributed by atoms with Crippen LogP contribution in [0.2, 0.25) is 0 Å². The van der Waals surface area contributed by atoms with Crippen LogP contribution in [-0.2, 0) is 19.1 Å². The molecule has 0 unspecified atom stereocenters. The number of rotatable bonds is 12. The fraction of sp³-hybridized carbons (Fsp3) is 0.913.